The van der Waals surface area contributed by atoms with Crippen LogP contribution >= 0.6 is 0 Å². The first-order chi connectivity index (χ1) is 9.71. The lowest BCUT2D eigenvalue weighted by molar-refractivity contribution is 0.103. The molecule has 20 heavy (non-hydrogen) atoms. The van der Waals surface area contributed by atoms with E-state index in [0.29, 0.717) is 5.41 Å². The minimum Gasteiger partial charge on any atom is -0.316 e. The van der Waals surface area contributed by atoms with Crippen molar-refractivity contribution in [2.24, 2.45) is 23.2 Å². The fourth-order valence-corrected chi connectivity index (χ4v) is 5.63. The molecular formula is C18H34N2. The van der Waals surface area contributed by atoms with Crippen molar-refractivity contribution in [1.82, 2.24) is 10.2 Å². The normalized spacial score (nSPS) is 40.6. The molecule has 1 saturated heterocycles. The van der Waals surface area contributed by atoms with Gasteiger partial charge in [-0.25, -0.2) is 0 Å². The van der Waals surface area contributed by atoms with E-state index >= 15 is 0 Å². The predicted molar refractivity (Wildman–Crippen MR) is 85.9 cm³/mol. The maximum atomic E-state index is 3.66. The number of hydrogen-bond donors (Lipinski definition) is 1. The molecule has 0 amide bonds. The van der Waals surface area contributed by atoms with Crippen molar-refractivity contribution in [1.29, 1.82) is 0 Å². The van der Waals surface area contributed by atoms with Gasteiger partial charge in [0.25, 0.3) is 0 Å². The molecule has 4 unspecified atom stereocenters. The Morgan fingerprint density at radius 2 is 2.15 bits per heavy atom. The lowest BCUT2D eigenvalue weighted by Crippen LogP contribution is -2.47. The third-order valence-corrected chi connectivity index (χ3v) is 6.38. The number of nitrogens with one attached hydrogen (secondary N) is 1. The highest BCUT2D eigenvalue weighted by molar-refractivity contribution is 4.93. The molecule has 4 atom stereocenters. The van der Waals surface area contributed by atoms with Gasteiger partial charge in [-0.05, 0) is 75.3 Å². The van der Waals surface area contributed by atoms with E-state index in [9.17, 15) is 0 Å². The zero-order valence-corrected chi connectivity index (χ0v) is 13.7. The maximum absolute atomic E-state index is 3.66. The third-order valence-electron chi connectivity index (χ3n) is 6.38. The van der Waals surface area contributed by atoms with Gasteiger partial charge in [0.1, 0.15) is 0 Å². The number of fused-ring (bicyclic) bond motifs is 2. The van der Waals surface area contributed by atoms with Crippen LogP contribution in [0, 0.1) is 23.2 Å². The van der Waals surface area contributed by atoms with Gasteiger partial charge in [0, 0.05) is 19.6 Å². The summed E-state index contributed by atoms with van der Waals surface area (Å²) in [6.07, 6.45) is 11.7. The van der Waals surface area contributed by atoms with Gasteiger partial charge >= 0.3 is 0 Å². The summed E-state index contributed by atoms with van der Waals surface area (Å²) in [6, 6.07) is 0. The Morgan fingerprint density at radius 1 is 1.25 bits per heavy atom. The largest absolute Gasteiger partial charge is 0.316 e. The van der Waals surface area contributed by atoms with Gasteiger partial charge in [-0.1, -0.05) is 19.8 Å². The zero-order valence-electron chi connectivity index (χ0n) is 13.7. The molecule has 2 heteroatoms. The first-order valence-electron chi connectivity index (χ1n) is 9.10. The number of rotatable bonds is 6. The van der Waals surface area contributed by atoms with Gasteiger partial charge in [0.15, 0.2) is 0 Å². The Hall–Kier alpha value is -0.0800. The maximum Gasteiger partial charge on any atom is 0.00472 e. The second-order valence-electron chi connectivity index (χ2n) is 8.16. The van der Waals surface area contributed by atoms with Crippen molar-refractivity contribution in [3.05, 3.63) is 0 Å². The van der Waals surface area contributed by atoms with Crippen LogP contribution in [0.2, 0.25) is 0 Å². The van der Waals surface area contributed by atoms with Crippen molar-refractivity contribution in [2.75, 3.05) is 33.2 Å². The van der Waals surface area contributed by atoms with Crippen LogP contribution in [0.4, 0.5) is 0 Å². The Kier molecular flexibility index (Phi) is 4.72. The van der Waals surface area contributed by atoms with Gasteiger partial charge in [-0.15, -0.1) is 0 Å². The van der Waals surface area contributed by atoms with Crippen LogP contribution in [0.15, 0.2) is 0 Å². The van der Waals surface area contributed by atoms with Crippen LogP contribution < -0.4 is 5.32 Å². The van der Waals surface area contributed by atoms with E-state index < -0.39 is 0 Å². The fraction of sp³-hybridized carbons (Fsp3) is 1.00. The molecular weight excluding hydrogens is 244 g/mol. The summed E-state index contributed by atoms with van der Waals surface area (Å²) < 4.78 is 0. The summed E-state index contributed by atoms with van der Waals surface area (Å²) in [5, 5.41) is 3.66. The first-order valence-corrected chi connectivity index (χ1v) is 9.10. The van der Waals surface area contributed by atoms with E-state index in [2.05, 4.69) is 24.2 Å². The predicted octanol–water partition coefficient (Wildman–Crippen LogP) is 3.52. The minimum absolute atomic E-state index is 0.569. The molecule has 0 aromatic heterocycles. The second-order valence-corrected chi connectivity index (χ2v) is 8.16. The first kappa shape index (κ1) is 14.8. The number of hydrogen-bond acceptors (Lipinski definition) is 2. The summed E-state index contributed by atoms with van der Waals surface area (Å²) in [5.41, 5.74) is 0.569. The summed E-state index contributed by atoms with van der Waals surface area (Å²) in [6.45, 7) is 7.53. The average molecular weight is 278 g/mol. The third kappa shape index (κ3) is 3.22. The van der Waals surface area contributed by atoms with Crippen molar-refractivity contribution >= 4 is 0 Å². The van der Waals surface area contributed by atoms with E-state index in [1.165, 1.54) is 71.1 Å². The van der Waals surface area contributed by atoms with Crippen LogP contribution in [-0.2, 0) is 0 Å². The molecule has 3 aliphatic rings. The molecule has 0 aromatic rings. The molecule has 2 saturated carbocycles. The van der Waals surface area contributed by atoms with Crippen LogP contribution in [0.25, 0.3) is 0 Å². The van der Waals surface area contributed by atoms with Crippen LogP contribution in [0.1, 0.15) is 58.3 Å². The molecule has 2 nitrogen and oxygen atoms in total. The van der Waals surface area contributed by atoms with Crippen LogP contribution in [0.3, 0.4) is 0 Å². The van der Waals surface area contributed by atoms with E-state index in [1.54, 1.807) is 6.42 Å². The standard InChI is InChI=1S/C18H34N2/c1-3-7-18(8-4-9-19-13-18)14-20(2)12-17-11-15-5-6-16(17)10-15/h15-17,19H,3-14H2,1-2H3. The Balaban J connectivity index is 1.52. The minimum atomic E-state index is 0.569. The fourth-order valence-electron chi connectivity index (χ4n) is 5.63. The monoisotopic (exact) mass is 278 g/mol. The number of piperidine rings is 1. The Bertz CT molecular complexity index is 303. The van der Waals surface area contributed by atoms with Gasteiger partial charge in [0.2, 0.25) is 0 Å². The molecule has 3 fully saturated rings. The molecule has 1 N–H and O–H groups in total. The molecule has 116 valence electrons. The molecule has 0 radical (unpaired) electrons. The SMILES string of the molecule is CCCC1(CN(C)CC2CC3CCC2C3)CCCNC1. The lowest BCUT2D eigenvalue weighted by Gasteiger charge is -2.41. The molecule has 0 spiro atoms. The second kappa shape index (κ2) is 6.36. The van der Waals surface area contributed by atoms with E-state index in [1.807, 2.05) is 0 Å². The van der Waals surface area contributed by atoms with Crippen molar-refractivity contribution in [3.63, 3.8) is 0 Å². The van der Waals surface area contributed by atoms with Crippen molar-refractivity contribution in [2.45, 2.75) is 58.3 Å². The van der Waals surface area contributed by atoms with Gasteiger partial charge < -0.3 is 10.2 Å². The highest BCUT2D eigenvalue weighted by Crippen LogP contribution is 2.48. The van der Waals surface area contributed by atoms with Gasteiger partial charge in [0.05, 0.1) is 0 Å². The summed E-state index contributed by atoms with van der Waals surface area (Å²) >= 11 is 0. The van der Waals surface area contributed by atoms with E-state index in [4.69, 9.17) is 0 Å². The van der Waals surface area contributed by atoms with Crippen molar-refractivity contribution < 1.29 is 0 Å². The van der Waals surface area contributed by atoms with E-state index in [-0.39, 0.29) is 0 Å². The molecule has 2 aliphatic carbocycles. The van der Waals surface area contributed by atoms with Gasteiger partial charge in [-0.2, -0.15) is 0 Å². The molecule has 1 aliphatic heterocycles. The summed E-state index contributed by atoms with van der Waals surface area (Å²) in [7, 11) is 2.39. The zero-order chi connectivity index (χ0) is 14.0. The van der Waals surface area contributed by atoms with Crippen LogP contribution in [-0.4, -0.2) is 38.1 Å². The Labute approximate surface area is 125 Å². The van der Waals surface area contributed by atoms with E-state index in [0.717, 1.165) is 17.8 Å². The smallest absolute Gasteiger partial charge is 0.00472 e. The number of nitrogens with zero attached hydrogens (tertiary/aromatic N) is 1. The van der Waals surface area contributed by atoms with Crippen LogP contribution in [0.5, 0.6) is 0 Å². The average Bonchev–Trinajstić information content (AvgIpc) is 3.02. The van der Waals surface area contributed by atoms with Crippen molar-refractivity contribution in [3.8, 4) is 0 Å². The Morgan fingerprint density at radius 3 is 2.75 bits per heavy atom. The summed E-state index contributed by atoms with van der Waals surface area (Å²) in [4.78, 5) is 2.69. The summed E-state index contributed by atoms with van der Waals surface area (Å²) in [5.74, 6) is 3.20. The molecule has 1 heterocycles. The molecule has 3 rings (SSSR count). The highest BCUT2D eigenvalue weighted by atomic mass is 15.1. The topological polar surface area (TPSA) is 15.3 Å². The molecule has 2 bridgehead atoms. The lowest BCUT2D eigenvalue weighted by atomic mass is 9.76. The molecule has 0 aromatic carbocycles. The van der Waals surface area contributed by atoms with Gasteiger partial charge in [-0.3, -0.25) is 0 Å². The highest BCUT2D eigenvalue weighted by Gasteiger charge is 2.40. The quantitative estimate of drug-likeness (QED) is 0.799.